The average molecular weight is 402 g/mol. The number of hydrogen-bond donors (Lipinski definition) is 4. The third-order valence-corrected chi connectivity index (χ3v) is 4.16. The quantitative estimate of drug-likeness (QED) is 0.296. The smallest absolute Gasteiger partial charge is 0.200 e. The van der Waals surface area contributed by atoms with Crippen molar-refractivity contribution < 1.29 is 39.5 Å². The van der Waals surface area contributed by atoms with Gasteiger partial charge in [-0.05, 0) is 35.9 Å². The molecule has 1 atom stereocenters. The van der Waals surface area contributed by atoms with Crippen molar-refractivity contribution in [2.24, 2.45) is 5.92 Å². The van der Waals surface area contributed by atoms with E-state index in [9.17, 15) is 30.0 Å². The van der Waals surface area contributed by atoms with Crippen molar-refractivity contribution in [1.29, 1.82) is 0 Å². The molecule has 8 heteroatoms. The molecule has 1 aromatic carbocycles. The number of phenolic OH excluding ortho intramolecular Hbond substituents is 2. The minimum absolute atomic E-state index is 0.0513. The summed E-state index contributed by atoms with van der Waals surface area (Å²) >= 11 is 0. The third-order valence-electron chi connectivity index (χ3n) is 4.16. The first kappa shape index (κ1) is 21.6. The summed E-state index contributed by atoms with van der Waals surface area (Å²) in [6, 6.07) is 2.68. The number of aliphatic hydroxyl groups is 2. The molecule has 0 saturated carbocycles. The van der Waals surface area contributed by atoms with E-state index in [1.54, 1.807) is 6.08 Å². The van der Waals surface area contributed by atoms with E-state index < -0.39 is 23.1 Å². The second kappa shape index (κ2) is 9.50. The van der Waals surface area contributed by atoms with Gasteiger partial charge in [0.15, 0.2) is 34.6 Å². The van der Waals surface area contributed by atoms with Crippen LogP contribution in [0.2, 0.25) is 0 Å². The van der Waals surface area contributed by atoms with Crippen LogP contribution in [-0.4, -0.2) is 46.2 Å². The van der Waals surface area contributed by atoms with Crippen LogP contribution in [0.15, 0.2) is 53.7 Å². The van der Waals surface area contributed by atoms with E-state index in [0.717, 1.165) is 0 Å². The van der Waals surface area contributed by atoms with Crippen LogP contribution in [0.3, 0.4) is 0 Å². The van der Waals surface area contributed by atoms with Crippen LogP contribution < -0.4 is 4.74 Å². The molecule has 0 fully saturated rings. The van der Waals surface area contributed by atoms with Crippen LogP contribution in [0.5, 0.6) is 17.2 Å². The molecule has 1 aliphatic carbocycles. The molecule has 0 heterocycles. The van der Waals surface area contributed by atoms with E-state index in [4.69, 9.17) is 9.47 Å². The predicted molar refractivity (Wildman–Crippen MR) is 105 cm³/mol. The Bertz CT molecular complexity index is 921. The minimum Gasteiger partial charge on any atom is -0.508 e. The van der Waals surface area contributed by atoms with Crippen molar-refractivity contribution in [2.75, 3.05) is 14.2 Å². The van der Waals surface area contributed by atoms with Crippen molar-refractivity contribution in [3.8, 4) is 17.2 Å². The van der Waals surface area contributed by atoms with Gasteiger partial charge in [0.25, 0.3) is 0 Å². The lowest BCUT2D eigenvalue weighted by atomic mass is 9.96. The van der Waals surface area contributed by atoms with Gasteiger partial charge in [0.2, 0.25) is 5.75 Å². The zero-order valence-electron chi connectivity index (χ0n) is 16.0. The fraction of sp³-hybridized carbons (Fsp3) is 0.238. The molecule has 0 amide bonds. The molecule has 1 aliphatic rings. The number of hydrogen-bond acceptors (Lipinski definition) is 8. The molecule has 154 valence electrons. The molecule has 1 unspecified atom stereocenters. The van der Waals surface area contributed by atoms with Gasteiger partial charge >= 0.3 is 0 Å². The maximum absolute atomic E-state index is 12.0. The predicted octanol–water partition coefficient (Wildman–Crippen LogP) is 3.08. The van der Waals surface area contributed by atoms with Crippen LogP contribution in [0.1, 0.15) is 18.4 Å². The lowest BCUT2D eigenvalue weighted by Crippen LogP contribution is -2.10. The summed E-state index contributed by atoms with van der Waals surface area (Å²) in [6.07, 6.45) is 6.65. The summed E-state index contributed by atoms with van der Waals surface area (Å²) in [5.74, 6) is -2.45. The molecular formula is C21H22O8. The number of aromatic hydroxyl groups is 2. The topological polar surface area (TPSA) is 134 Å². The van der Waals surface area contributed by atoms with Crippen molar-refractivity contribution in [1.82, 2.24) is 0 Å². The fourth-order valence-electron chi connectivity index (χ4n) is 2.66. The monoisotopic (exact) mass is 402 g/mol. The molecule has 0 aromatic heterocycles. The van der Waals surface area contributed by atoms with Gasteiger partial charge in [-0.25, -0.2) is 0 Å². The summed E-state index contributed by atoms with van der Waals surface area (Å²) in [4.78, 5) is 24.0. The maximum atomic E-state index is 12.0. The molecule has 1 aromatic rings. The molecular weight excluding hydrogens is 380 g/mol. The first-order valence-electron chi connectivity index (χ1n) is 8.64. The molecule has 0 aliphatic heterocycles. The van der Waals surface area contributed by atoms with E-state index in [2.05, 4.69) is 0 Å². The minimum atomic E-state index is -0.455. The first-order valence-corrected chi connectivity index (χ1v) is 8.64. The first-order chi connectivity index (χ1) is 13.7. The number of phenols is 2. The van der Waals surface area contributed by atoms with Crippen molar-refractivity contribution >= 4 is 17.6 Å². The van der Waals surface area contributed by atoms with Crippen LogP contribution in [0.4, 0.5) is 0 Å². The van der Waals surface area contributed by atoms with E-state index in [-0.39, 0.29) is 41.8 Å². The highest BCUT2D eigenvalue weighted by Crippen LogP contribution is 2.36. The maximum Gasteiger partial charge on any atom is 0.200 e. The Kier molecular flexibility index (Phi) is 7.08. The van der Waals surface area contributed by atoms with E-state index in [1.807, 2.05) is 0 Å². The number of rotatable bonds is 8. The lowest BCUT2D eigenvalue weighted by molar-refractivity contribution is -0.121. The second-order valence-electron chi connectivity index (χ2n) is 6.29. The summed E-state index contributed by atoms with van der Waals surface area (Å²) in [7, 11) is 2.67. The highest BCUT2D eigenvalue weighted by atomic mass is 16.5. The SMILES string of the molecule is COC1=CC(/C=C/C(=O)CC(=O)/C=C/c2cc(O)c(O)c(OC)c2)CC(O)=C1O. The molecule has 0 bridgehead atoms. The number of benzene rings is 1. The highest BCUT2D eigenvalue weighted by molar-refractivity contribution is 6.09. The molecule has 0 saturated heterocycles. The van der Waals surface area contributed by atoms with Crippen LogP contribution >= 0.6 is 0 Å². The normalized spacial score (nSPS) is 16.9. The van der Waals surface area contributed by atoms with Gasteiger partial charge in [-0.15, -0.1) is 0 Å². The Labute approximate surface area is 167 Å². The number of carbonyl (C=O) groups is 2. The van der Waals surface area contributed by atoms with Gasteiger partial charge in [0, 0.05) is 12.3 Å². The standard InChI is InChI=1S/C21H22O8/c1-28-18-9-12(7-16(24)20(18)26)3-5-14(22)11-15(23)6-4-13-8-17(25)21(27)19(10-13)29-2/h3-7,9-10,13,24-27H,8,11H2,1-2H3/b5-3+,6-4+. The van der Waals surface area contributed by atoms with Gasteiger partial charge in [0.05, 0.1) is 20.6 Å². The lowest BCUT2D eigenvalue weighted by Gasteiger charge is -2.17. The highest BCUT2D eigenvalue weighted by Gasteiger charge is 2.21. The molecule has 0 radical (unpaired) electrons. The number of carbonyl (C=O) groups excluding carboxylic acids is 2. The average Bonchev–Trinajstić information content (AvgIpc) is 2.69. The van der Waals surface area contributed by atoms with Gasteiger partial charge in [-0.1, -0.05) is 12.2 Å². The molecule has 2 rings (SSSR count). The van der Waals surface area contributed by atoms with Crippen LogP contribution in [0.25, 0.3) is 6.08 Å². The number of methoxy groups -OCH3 is 2. The Morgan fingerprint density at radius 2 is 1.76 bits per heavy atom. The zero-order chi connectivity index (χ0) is 21.6. The van der Waals surface area contributed by atoms with E-state index in [1.165, 1.54) is 50.7 Å². The van der Waals surface area contributed by atoms with Gasteiger partial charge < -0.3 is 29.9 Å². The summed E-state index contributed by atoms with van der Waals surface area (Å²) in [6.45, 7) is 0. The van der Waals surface area contributed by atoms with Crippen LogP contribution in [0, 0.1) is 5.92 Å². The largest absolute Gasteiger partial charge is 0.508 e. The van der Waals surface area contributed by atoms with E-state index >= 15 is 0 Å². The molecule has 8 nitrogen and oxygen atoms in total. The van der Waals surface area contributed by atoms with E-state index in [0.29, 0.717) is 5.56 Å². The van der Waals surface area contributed by atoms with Gasteiger partial charge in [0.1, 0.15) is 5.76 Å². The van der Waals surface area contributed by atoms with Gasteiger partial charge in [-0.3, -0.25) is 9.59 Å². The summed E-state index contributed by atoms with van der Waals surface area (Å²) < 4.78 is 9.87. The number of ketones is 2. The number of allylic oxidation sites excluding steroid dienone is 5. The van der Waals surface area contributed by atoms with Gasteiger partial charge in [-0.2, -0.15) is 0 Å². The molecule has 4 N–H and O–H groups in total. The second-order valence-corrected chi connectivity index (χ2v) is 6.29. The number of aliphatic hydroxyl groups excluding tert-OH is 2. The fourth-order valence-corrected chi connectivity index (χ4v) is 2.66. The Morgan fingerprint density at radius 1 is 1.07 bits per heavy atom. The zero-order valence-corrected chi connectivity index (χ0v) is 16.0. The summed E-state index contributed by atoms with van der Waals surface area (Å²) in [5.41, 5.74) is 0.412. The van der Waals surface area contributed by atoms with Crippen LogP contribution in [-0.2, 0) is 14.3 Å². The summed E-state index contributed by atoms with van der Waals surface area (Å²) in [5, 5.41) is 38.5. The Balaban J connectivity index is 1.97. The molecule has 29 heavy (non-hydrogen) atoms. The molecule has 0 spiro atoms. The van der Waals surface area contributed by atoms with Crippen molar-refractivity contribution in [3.05, 3.63) is 59.3 Å². The third kappa shape index (κ3) is 5.65. The number of ether oxygens (including phenoxy) is 2. The van der Waals surface area contributed by atoms with Crippen molar-refractivity contribution in [2.45, 2.75) is 12.8 Å². The Hall–Kier alpha value is -3.68. The Morgan fingerprint density at radius 3 is 2.41 bits per heavy atom. The van der Waals surface area contributed by atoms with Crippen molar-refractivity contribution in [3.63, 3.8) is 0 Å².